The summed E-state index contributed by atoms with van der Waals surface area (Å²) in [5.74, 6) is 0. The Balaban J connectivity index is 2.41. The third-order valence-corrected chi connectivity index (χ3v) is 10.2. The summed E-state index contributed by atoms with van der Waals surface area (Å²) >= 11 is 0. The SMILES string of the molecule is CC/C=C/C(C)(C)[P+](c1ccccc1)(c1ccccc1)c1ccccc1. The van der Waals surface area contributed by atoms with Crippen LogP contribution in [0, 0.1) is 0 Å². The average Bonchev–Trinajstić information content (AvgIpc) is 2.69. The minimum atomic E-state index is -1.87. The van der Waals surface area contributed by atoms with Gasteiger partial charge in [-0.2, -0.15) is 0 Å². The van der Waals surface area contributed by atoms with Crippen molar-refractivity contribution in [2.45, 2.75) is 32.3 Å². The Kier molecular flexibility index (Phi) is 5.74. The zero-order valence-electron chi connectivity index (χ0n) is 16.0. The number of hydrogen-bond donors (Lipinski definition) is 0. The van der Waals surface area contributed by atoms with Crippen LogP contribution in [0.4, 0.5) is 0 Å². The van der Waals surface area contributed by atoms with Crippen molar-refractivity contribution in [3.8, 4) is 0 Å². The Labute approximate surface area is 158 Å². The monoisotopic (exact) mass is 359 g/mol. The zero-order valence-corrected chi connectivity index (χ0v) is 16.9. The molecule has 0 aromatic heterocycles. The molecule has 3 aromatic rings. The molecule has 1 heteroatoms. The molecule has 0 unspecified atom stereocenters. The van der Waals surface area contributed by atoms with Crippen molar-refractivity contribution < 1.29 is 0 Å². The van der Waals surface area contributed by atoms with Crippen molar-refractivity contribution >= 4 is 23.2 Å². The minimum absolute atomic E-state index is 0.00701. The summed E-state index contributed by atoms with van der Waals surface area (Å²) in [5.41, 5.74) is 0. The third-order valence-electron chi connectivity index (χ3n) is 5.06. The normalized spacial score (nSPS) is 12.4. The molecule has 0 bridgehead atoms. The molecule has 0 aliphatic heterocycles. The molecule has 3 rings (SSSR count). The van der Waals surface area contributed by atoms with Gasteiger partial charge in [0.2, 0.25) is 0 Å². The lowest BCUT2D eigenvalue weighted by molar-refractivity contribution is 0.873. The summed E-state index contributed by atoms with van der Waals surface area (Å²) in [6.45, 7) is 7.01. The second-order valence-corrected chi connectivity index (χ2v) is 11.2. The fourth-order valence-corrected chi connectivity index (χ4v) is 9.00. The number of rotatable bonds is 6. The van der Waals surface area contributed by atoms with Crippen LogP contribution in [-0.2, 0) is 0 Å². The Hall–Kier alpha value is -2.17. The molecule has 0 atom stereocenters. The molecule has 0 N–H and O–H groups in total. The molecule has 0 heterocycles. The van der Waals surface area contributed by atoms with Crippen LogP contribution in [0.3, 0.4) is 0 Å². The van der Waals surface area contributed by atoms with Crippen LogP contribution in [0.25, 0.3) is 0 Å². The molecule has 0 aliphatic carbocycles. The number of benzene rings is 3. The first kappa shape index (κ1) is 18.6. The van der Waals surface area contributed by atoms with Gasteiger partial charge in [0.25, 0.3) is 0 Å². The maximum atomic E-state index is 2.44. The van der Waals surface area contributed by atoms with Crippen molar-refractivity contribution in [3.05, 3.63) is 103 Å². The van der Waals surface area contributed by atoms with E-state index in [2.05, 4.69) is 124 Å². The van der Waals surface area contributed by atoms with Crippen LogP contribution in [-0.4, -0.2) is 5.16 Å². The van der Waals surface area contributed by atoms with E-state index in [1.54, 1.807) is 0 Å². The van der Waals surface area contributed by atoms with E-state index in [9.17, 15) is 0 Å². The van der Waals surface area contributed by atoms with E-state index < -0.39 is 7.26 Å². The van der Waals surface area contributed by atoms with Crippen LogP contribution < -0.4 is 15.9 Å². The van der Waals surface area contributed by atoms with Crippen molar-refractivity contribution in [3.63, 3.8) is 0 Å². The van der Waals surface area contributed by atoms with Gasteiger partial charge >= 0.3 is 0 Å². The topological polar surface area (TPSA) is 0 Å². The van der Waals surface area contributed by atoms with E-state index in [4.69, 9.17) is 0 Å². The van der Waals surface area contributed by atoms with Gasteiger partial charge in [0, 0.05) is 0 Å². The quantitative estimate of drug-likeness (QED) is 0.390. The Bertz CT molecular complexity index is 736. The molecule has 26 heavy (non-hydrogen) atoms. The van der Waals surface area contributed by atoms with Crippen LogP contribution in [0.2, 0.25) is 0 Å². The van der Waals surface area contributed by atoms with Crippen molar-refractivity contribution in [2.75, 3.05) is 0 Å². The Morgan fingerprint density at radius 3 is 1.31 bits per heavy atom. The van der Waals surface area contributed by atoms with Gasteiger partial charge in [-0.15, -0.1) is 0 Å². The summed E-state index contributed by atoms with van der Waals surface area (Å²) < 4.78 is 0. The first-order valence-electron chi connectivity index (χ1n) is 9.36. The maximum Gasteiger partial charge on any atom is 0.121 e. The molecule has 132 valence electrons. The van der Waals surface area contributed by atoms with Crippen molar-refractivity contribution in [2.24, 2.45) is 0 Å². The standard InChI is InChI=1S/C25H28P/c1-4-5-21-25(2,3)26(22-15-9-6-10-16-22,23-17-11-7-12-18-23)24-19-13-8-14-20-24/h5-21H,4H2,1-3H3/q+1/b21-5+. The van der Waals surface area contributed by atoms with Gasteiger partial charge in [-0.25, -0.2) is 0 Å². The molecule has 0 spiro atoms. The van der Waals surface area contributed by atoms with E-state index in [0.717, 1.165) is 6.42 Å². The molecule has 0 nitrogen and oxygen atoms in total. The van der Waals surface area contributed by atoms with Gasteiger partial charge in [0.05, 0.1) is 0 Å². The first-order chi connectivity index (χ1) is 12.6. The summed E-state index contributed by atoms with van der Waals surface area (Å²) in [7, 11) is -1.87. The zero-order chi connectivity index (χ0) is 18.5. The van der Waals surface area contributed by atoms with Crippen LogP contribution in [0.15, 0.2) is 103 Å². The maximum absolute atomic E-state index is 2.44. The van der Waals surface area contributed by atoms with Gasteiger partial charge in [-0.05, 0) is 62.7 Å². The molecule has 0 saturated heterocycles. The number of allylic oxidation sites excluding steroid dienone is 2. The molecule has 0 saturated carbocycles. The van der Waals surface area contributed by atoms with Gasteiger partial charge < -0.3 is 0 Å². The Morgan fingerprint density at radius 2 is 1.00 bits per heavy atom. The van der Waals surface area contributed by atoms with E-state index >= 15 is 0 Å². The molecule has 0 aliphatic rings. The molecule has 3 aromatic carbocycles. The molecule has 0 fully saturated rings. The Morgan fingerprint density at radius 1 is 0.654 bits per heavy atom. The van der Waals surface area contributed by atoms with Crippen LogP contribution in [0.1, 0.15) is 27.2 Å². The highest BCUT2D eigenvalue weighted by atomic mass is 31.2. The molecular formula is C25H28P+. The van der Waals surface area contributed by atoms with Gasteiger partial charge in [0.1, 0.15) is 28.3 Å². The van der Waals surface area contributed by atoms with E-state index in [1.165, 1.54) is 15.9 Å². The molecule has 0 radical (unpaired) electrons. The summed E-state index contributed by atoms with van der Waals surface area (Å²) in [4.78, 5) is 0. The van der Waals surface area contributed by atoms with Gasteiger partial charge in [-0.1, -0.05) is 67.6 Å². The van der Waals surface area contributed by atoms with Gasteiger partial charge in [-0.3, -0.25) is 0 Å². The second-order valence-electron chi connectivity index (χ2n) is 7.14. The van der Waals surface area contributed by atoms with E-state index in [0.29, 0.717) is 0 Å². The highest BCUT2D eigenvalue weighted by Crippen LogP contribution is 2.66. The highest BCUT2D eigenvalue weighted by molar-refractivity contribution is 7.97. The smallest absolute Gasteiger partial charge is 0.0846 e. The predicted octanol–water partition coefficient (Wildman–Crippen LogP) is 5.73. The van der Waals surface area contributed by atoms with E-state index in [1.807, 2.05) is 0 Å². The average molecular weight is 359 g/mol. The van der Waals surface area contributed by atoms with Crippen LogP contribution >= 0.6 is 7.26 Å². The fraction of sp³-hybridized carbons (Fsp3) is 0.200. The summed E-state index contributed by atoms with van der Waals surface area (Å²) in [5, 5.41) is 4.31. The molecule has 0 amide bonds. The van der Waals surface area contributed by atoms with E-state index in [-0.39, 0.29) is 5.16 Å². The summed E-state index contributed by atoms with van der Waals surface area (Å²) in [6.07, 6.45) is 5.82. The van der Waals surface area contributed by atoms with Crippen LogP contribution in [0.5, 0.6) is 0 Å². The lowest BCUT2D eigenvalue weighted by Gasteiger charge is -2.39. The molecular weight excluding hydrogens is 331 g/mol. The lowest BCUT2D eigenvalue weighted by atomic mass is 10.2. The third kappa shape index (κ3) is 3.27. The highest BCUT2D eigenvalue weighted by Gasteiger charge is 2.56. The first-order valence-corrected chi connectivity index (χ1v) is 11.2. The van der Waals surface area contributed by atoms with Crippen molar-refractivity contribution in [1.29, 1.82) is 0 Å². The minimum Gasteiger partial charge on any atom is -0.0846 e. The fourth-order valence-electron chi connectivity index (χ4n) is 3.92. The summed E-state index contributed by atoms with van der Waals surface area (Å²) in [6, 6.07) is 33.3. The largest absolute Gasteiger partial charge is 0.121 e. The van der Waals surface area contributed by atoms with Gasteiger partial charge in [0.15, 0.2) is 0 Å². The number of hydrogen-bond acceptors (Lipinski definition) is 0. The predicted molar refractivity (Wildman–Crippen MR) is 119 cm³/mol. The van der Waals surface area contributed by atoms with Crippen molar-refractivity contribution in [1.82, 2.24) is 0 Å². The lowest BCUT2D eigenvalue weighted by Crippen LogP contribution is -2.43. The second kappa shape index (κ2) is 8.02.